The molecule has 0 aliphatic heterocycles. The van der Waals surface area contributed by atoms with Gasteiger partial charge in [0.2, 0.25) is 0 Å². The summed E-state index contributed by atoms with van der Waals surface area (Å²) in [6.07, 6.45) is 0. The molecule has 5 nitrogen and oxygen atoms in total. The Hall–Kier alpha value is -6.50. The van der Waals surface area contributed by atoms with E-state index in [-0.39, 0.29) is 0 Å². The Balaban J connectivity index is 1.24. The summed E-state index contributed by atoms with van der Waals surface area (Å²) < 4.78 is 7.89. The number of thiazole rings is 1. The standard InChI is InChI=1S/C44H26N4OS/c1-4-13-27(14-5-1)41-46-42(28-15-6-2-7-16-28)48-43(47-41)35-26-31-20-11-10-19-30(31)25-34(35)32-21-12-22-33-38-36(49-40(32)33)23-24-37-39(38)45-44(50-37)29-17-8-3-9-18-29/h1-26H. The van der Waals surface area contributed by atoms with Gasteiger partial charge in [-0.3, -0.25) is 0 Å². The Labute approximate surface area is 291 Å². The third kappa shape index (κ3) is 4.77. The number of hydrogen-bond acceptors (Lipinski definition) is 6. The number of nitrogens with zero attached hydrogens (tertiary/aromatic N) is 4. The maximum Gasteiger partial charge on any atom is 0.164 e. The van der Waals surface area contributed by atoms with E-state index in [1.54, 1.807) is 11.3 Å². The van der Waals surface area contributed by atoms with E-state index in [2.05, 4.69) is 91.0 Å². The normalized spacial score (nSPS) is 11.6. The fraction of sp³-hybridized carbons (Fsp3) is 0. The SMILES string of the molecule is c1ccc(-c2nc(-c3ccccc3)nc(-c3cc4ccccc4cc3-c3cccc4c3oc3ccc5sc(-c6ccccc6)nc5c34)n2)cc1. The monoisotopic (exact) mass is 658 g/mol. The average Bonchev–Trinajstić information content (AvgIpc) is 3.80. The first-order valence-electron chi connectivity index (χ1n) is 16.5. The van der Waals surface area contributed by atoms with Crippen LogP contribution in [-0.2, 0) is 0 Å². The van der Waals surface area contributed by atoms with Crippen molar-refractivity contribution in [2.45, 2.75) is 0 Å². The van der Waals surface area contributed by atoms with Crippen molar-refractivity contribution in [2.75, 3.05) is 0 Å². The van der Waals surface area contributed by atoms with Gasteiger partial charge in [0.25, 0.3) is 0 Å². The van der Waals surface area contributed by atoms with Crippen LogP contribution in [0.1, 0.15) is 0 Å². The smallest absolute Gasteiger partial charge is 0.164 e. The van der Waals surface area contributed by atoms with Crippen molar-refractivity contribution >= 4 is 54.3 Å². The zero-order valence-electron chi connectivity index (χ0n) is 26.6. The van der Waals surface area contributed by atoms with E-state index in [0.29, 0.717) is 17.5 Å². The minimum atomic E-state index is 0.598. The summed E-state index contributed by atoms with van der Waals surface area (Å²) in [6, 6.07) is 53.9. The van der Waals surface area contributed by atoms with E-state index in [4.69, 9.17) is 24.4 Å². The maximum absolute atomic E-state index is 6.76. The quantitative estimate of drug-likeness (QED) is 0.184. The van der Waals surface area contributed by atoms with Gasteiger partial charge in [-0.2, -0.15) is 0 Å². The molecule has 0 spiro atoms. The molecule has 50 heavy (non-hydrogen) atoms. The number of aromatic nitrogens is 4. The highest BCUT2D eigenvalue weighted by Gasteiger charge is 2.22. The van der Waals surface area contributed by atoms with Gasteiger partial charge in [-0.05, 0) is 40.6 Å². The van der Waals surface area contributed by atoms with Crippen LogP contribution in [0.2, 0.25) is 0 Å². The molecule has 10 aromatic rings. The Morgan fingerprint density at radius 3 is 1.68 bits per heavy atom. The summed E-state index contributed by atoms with van der Waals surface area (Å²) >= 11 is 1.70. The van der Waals surface area contributed by atoms with Crippen LogP contribution in [-0.4, -0.2) is 19.9 Å². The molecule has 0 atom stereocenters. The largest absolute Gasteiger partial charge is 0.455 e. The van der Waals surface area contributed by atoms with Gasteiger partial charge in [0.1, 0.15) is 16.2 Å². The molecule has 10 rings (SSSR count). The Bertz CT molecular complexity index is 2810. The molecular formula is C44H26N4OS. The topological polar surface area (TPSA) is 64.7 Å². The first-order chi connectivity index (χ1) is 24.8. The van der Waals surface area contributed by atoms with Gasteiger partial charge in [-0.15, -0.1) is 11.3 Å². The zero-order valence-corrected chi connectivity index (χ0v) is 27.4. The highest BCUT2D eigenvalue weighted by atomic mass is 32.1. The van der Waals surface area contributed by atoms with E-state index in [1.807, 2.05) is 66.7 Å². The Morgan fingerprint density at radius 2 is 1.02 bits per heavy atom. The molecule has 0 radical (unpaired) electrons. The summed E-state index contributed by atoms with van der Waals surface area (Å²) in [5.74, 6) is 1.84. The van der Waals surface area contributed by atoms with Crippen molar-refractivity contribution in [3.63, 3.8) is 0 Å². The van der Waals surface area contributed by atoms with Crippen molar-refractivity contribution in [1.82, 2.24) is 19.9 Å². The van der Waals surface area contributed by atoms with Crippen molar-refractivity contribution in [2.24, 2.45) is 0 Å². The lowest BCUT2D eigenvalue weighted by Gasteiger charge is -2.14. The first-order valence-corrected chi connectivity index (χ1v) is 17.3. The van der Waals surface area contributed by atoms with Gasteiger partial charge < -0.3 is 4.42 Å². The lowest BCUT2D eigenvalue weighted by molar-refractivity contribution is 0.670. The van der Waals surface area contributed by atoms with Crippen molar-refractivity contribution in [1.29, 1.82) is 0 Å². The third-order valence-corrected chi connectivity index (χ3v) is 10.2. The molecule has 0 amide bonds. The van der Waals surface area contributed by atoms with Crippen LogP contribution in [0.5, 0.6) is 0 Å². The molecule has 7 aromatic carbocycles. The van der Waals surface area contributed by atoms with Gasteiger partial charge in [-0.1, -0.05) is 133 Å². The molecule has 0 saturated carbocycles. The van der Waals surface area contributed by atoms with Gasteiger partial charge in [0.05, 0.1) is 15.6 Å². The second-order valence-electron chi connectivity index (χ2n) is 12.2. The highest BCUT2D eigenvalue weighted by molar-refractivity contribution is 7.21. The van der Waals surface area contributed by atoms with E-state index in [0.717, 1.165) is 81.3 Å². The van der Waals surface area contributed by atoms with E-state index in [9.17, 15) is 0 Å². The number of para-hydroxylation sites is 1. The molecule has 0 fully saturated rings. The van der Waals surface area contributed by atoms with Crippen molar-refractivity contribution in [3.05, 3.63) is 158 Å². The van der Waals surface area contributed by atoms with Crippen LogP contribution in [0.25, 0.3) is 98.8 Å². The summed E-state index contributed by atoms with van der Waals surface area (Å²) in [5.41, 5.74) is 8.39. The van der Waals surface area contributed by atoms with Crippen molar-refractivity contribution < 1.29 is 4.42 Å². The minimum Gasteiger partial charge on any atom is -0.455 e. The second-order valence-corrected chi connectivity index (χ2v) is 13.3. The molecule has 6 heteroatoms. The van der Waals surface area contributed by atoms with Crippen LogP contribution in [0.15, 0.2) is 162 Å². The van der Waals surface area contributed by atoms with Crippen LogP contribution in [0.3, 0.4) is 0 Å². The lowest BCUT2D eigenvalue weighted by atomic mass is 9.93. The van der Waals surface area contributed by atoms with E-state index < -0.39 is 0 Å². The fourth-order valence-electron chi connectivity index (χ4n) is 6.77. The number of rotatable bonds is 5. The second kappa shape index (κ2) is 11.6. The molecule has 0 unspecified atom stereocenters. The van der Waals surface area contributed by atoms with Crippen LogP contribution in [0.4, 0.5) is 0 Å². The van der Waals surface area contributed by atoms with E-state index >= 15 is 0 Å². The lowest BCUT2D eigenvalue weighted by Crippen LogP contribution is -2.01. The molecule has 0 aliphatic carbocycles. The fourth-order valence-corrected chi connectivity index (χ4v) is 7.75. The average molecular weight is 659 g/mol. The maximum atomic E-state index is 6.76. The van der Waals surface area contributed by atoms with Crippen LogP contribution in [0, 0.1) is 0 Å². The molecule has 234 valence electrons. The van der Waals surface area contributed by atoms with E-state index in [1.165, 1.54) is 0 Å². The van der Waals surface area contributed by atoms with Gasteiger partial charge in [0, 0.05) is 33.2 Å². The Kier molecular flexibility index (Phi) is 6.60. The molecule has 3 aromatic heterocycles. The third-order valence-electron chi connectivity index (χ3n) is 9.16. The van der Waals surface area contributed by atoms with Gasteiger partial charge in [-0.25, -0.2) is 19.9 Å². The summed E-state index contributed by atoms with van der Waals surface area (Å²) in [7, 11) is 0. The van der Waals surface area contributed by atoms with Crippen LogP contribution < -0.4 is 0 Å². The molecule has 0 aliphatic rings. The van der Waals surface area contributed by atoms with Gasteiger partial charge in [0.15, 0.2) is 17.5 Å². The first kappa shape index (κ1) is 28.5. The molecule has 0 N–H and O–H groups in total. The minimum absolute atomic E-state index is 0.598. The highest BCUT2D eigenvalue weighted by Crippen LogP contribution is 2.44. The summed E-state index contributed by atoms with van der Waals surface area (Å²) in [5, 5.41) is 5.27. The van der Waals surface area contributed by atoms with Crippen molar-refractivity contribution in [3.8, 4) is 55.9 Å². The summed E-state index contributed by atoms with van der Waals surface area (Å²) in [6.45, 7) is 0. The molecule has 0 saturated heterocycles. The molecular weight excluding hydrogens is 633 g/mol. The number of fused-ring (bicyclic) bond motifs is 6. The molecule has 0 bridgehead atoms. The summed E-state index contributed by atoms with van der Waals surface area (Å²) in [4.78, 5) is 20.4. The predicted molar refractivity (Wildman–Crippen MR) is 205 cm³/mol. The van der Waals surface area contributed by atoms with Crippen LogP contribution >= 0.6 is 11.3 Å². The number of hydrogen-bond donors (Lipinski definition) is 0. The zero-order chi connectivity index (χ0) is 33.0. The number of benzene rings is 7. The van der Waals surface area contributed by atoms with Gasteiger partial charge >= 0.3 is 0 Å². The molecule has 3 heterocycles. The predicted octanol–water partition coefficient (Wildman–Crippen LogP) is 11.9. The Morgan fingerprint density at radius 1 is 0.440 bits per heavy atom. The number of furan rings is 1.